The summed E-state index contributed by atoms with van der Waals surface area (Å²) in [6.45, 7) is 3.88. The Morgan fingerprint density at radius 3 is 2.59 bits per heavy atom. The Bertz CT molecular complexity index is 1180. The van der Waals surface area contributed by atoms with Crippen molar-refractivity contribution in [3.63, 3.8) is 0 Å². The highest BCUT2D eigenvalue weighted by Crippen LogP contribution is 2.27. The number of aryl methyl sites for hydroxylation is 1. The summed E-state index contributed by atoms with van der Waals surface area (Å²) in [4.78, 5) is 11.9. The second-order valence-electron chi connectivity index (χ2n) is 7.00. The molecule has 29 heavy (non-hydrogen) atoms. The maximum absolute atomic E-state index is 11.9. The number of aromatic nitrogens is 2. The molecule has 148 valence electrons. The molecule has 0 atom stereocenters. The second kappa shape index (κ2) is 8.32. The number of phenolic OH excluding ortho intramolecular Hbond substituents is 1. The number of aromatic hydroxyl groups is 1. The highest BCUT2D eigenvalue weighted by atomic mass is 16.4. The van der Waals surface area contributed by atoms with Crippen LogP contribution in [-0.2, 0) is 26.1 Å². The van der Waals surface area contributed by atoms with Gasteiger partial charge in [0.1, 0.15) is 11.3 Å². The lowest BCUT2D eigenvalue weighted by atomic mass is 10.0. The average Bonchev–Trinajstić information content (AvgIpc) is 3.21. The van der Waals surface area contributed by atoms with Gasteiger partial charge in [0, 0.05) is 43.0 Å². The highest BCUT2D eigenvalue weighted by molar-refractivity contribution is 5.82. The third-order valence-corrected chi connectivity index (χ3v) is 5.05. The predicted octanol–water partition coefficient (Wildman–Crippen LogP) is 3.60. The van der Waals surface area contributed by atoms with Gasteiger partial charge in [0.05, 0.1) is 6.54 Å². The molecule has 0 bridgehead atoms. The first-order valence-electron chi connectivity index (χ1n) is 9.67. The molecular formula is C23H23N3O3. The molecule has 0 aliphatic heterocycles. The van der Waals surface area contributed by atoms with Crippen molar-refractivity contribution in [2.75, 3.05) is 0 Å². The van der Waals surface area contributed by atoms with Crippen molar-refractivity contribution in [2.45, 2.75) is 33.0 Å². The number of phenols is 1. The van der Waals surface area contributed by atoms with Crippen LogP contribution in [0.4, 0.5) is 0 Å². The van der Waals surface area contributed by atoms with Crippen molar-refractivity contribution in [2.24, 2.45) is 0 Å². The summed E-state index contributed by atoms with van der Waals surface area (Å²) in [6, 6.07) is 15.1. The number of hydrogen-bond acceptors (Lipinski definition) is 5. The first kappa shape index (κ1) is 19.0. The lowest BCUT2D eigenvalue weighted by Gasteiger charge is -2.12. The summed E-state index contributed by atoms with van der Waals surface area (Å²) in [7, 11) is 0. The molecular weight excluding hydrogens is 366 g/mol. The molecule has 0 saturated heterocycles. The minimum atomic E-state index is -0.419. The lowest BCUT2D eigenvalue weighted by Crippen LogP contribution is -2.16. The highest BCUT2D eigenvalue weighted by Gasteiger charge is 2.10. The Hall–Kier alpha value is -3.38. The van der Waals surface area contributed by atoms with E-state index in [-0.39, 0.29) is 5.75 Å². The predicted molar refractivity (Wildman–Crippen MR) is 112 cm³/mol. The zero-order valence-electron chi connectivity index (χ0n) is 16.3. The van der Waals surface area contributed by atoms with Crippen LogP contribution in [-0.4, -0.2) is 14.9 Å². The fourth-order valence-corrected chi connectivity index (χ4v) is 3.52. The van der Waals surface area contributed by atoms with E-state index in [9.17, 15) is 9.90 Å². The second-order valence-corrected chi connectivity index (χ2v) is 7.00. The molecule has 0 spiro atoms. The Balaban J connectivity index is 1.54. The van der Waals surface area contributed by atoms with Crippen LogP contribution in [0.1, 0.15) is 29.2 Å². The van der Waals surface area contributed by atoms with Gasteiger partial charge in [-0.2, -0.15) is 5.10 Å². The molecule has 0 fully saturated rings. The SMILES string of the molecule is CCc1cc2c(CNCc3ccccc3Cn3cccn3)cc(=O)oc2cc1O. The van der Waals surface area contributed by atoms with Gasteiger partial charge in [-0.05, 0) is 40.8 Å². The molecule has 6 heteroatoms. The smallest absolute Gasteiger partial charge is 0.336 e. The molecule has 2 aromatic carbocycles. The van der Waals surface area contributed by atoms with Gasteiger partial charge in [0.15, 0.2) is 0 Å². The van der Waals surface area contributed by atoms with Crippen LogP contribution in [0.3, 0.4) is 0 Å². The number of nitrogens with zero attached hydrogens (tertiary/aromatic N) is 2. The van der Waals surface area contributed by atoms with Crippen LogP contribution >= 0.6 is 0 Å². The van der Waals surface area contributed by atoms with Gasteiger partial charge in [-0.25, -0.2) is 4.79 Å². The lowest BCUT2D eigenvalue weighted by molar-refractivity contribution is 0.466. The molecule has 6 nitrogen and oxygen atoms in total. The zero-order chi connectivity index (χ0) is 20.2. The number of nitrogens with one attached hydrogen (secondary N) is 1. The summed E-state index contributed by atoms with van der Waals surface area (Å²) in [6.07, 6.45) is 4.42. The van der Waals surface area contributed by atoms with Crippen molar-refractivity contribution in [3.05, 3.63) is 93.6 Å². The first-order valence-corrected chi connectivity index (χ1v) is 9.67. The van der Waals surface area contributed by atoms with E-state index in [2.05, 4.69) is 22.5 Å². The van der Waals surface area contributed by atoms with Crippen LogP contribution in [0.15, 0.2) is 70.1 Å². The summed E-state index contributed by atoms with van der Waals surface area (Å²) in [5.74, 6) is 0.154. The Morgan fingerprint density at radius 1 is 1.03 bits per heavy atom. The standard InChI is InChI=1S/C23H23N3O3/c1-2-16-10-20-19(11-23(28)29-22(20)12-21(16)27)14-24-13-17-6-3-4-7-18(17)15-26-9-5-8-25-26/h3-12,24,27H,2,13-15H2,1H3. The summed E-state index contributed by atoms with van der Waals surface area (Å²) in [5.41, 5.74) is 4.05. The van der Waals surface area contributed by atoms with E-state index in [1.54, 1.807) is 6.20 Å². The molecule has 0 aliphatic rings. The van der Waals surface area contributed by atoms with Gasteiger partial charge in [-0.15, -0.1) is 0 Å². The van der Waals surface area contributed by atoms with Gasteiger partial charge in [-0.3, -0.25) is 4.68 Å². The molecule has 0 unspecified atom stereocenters. The van der Waals surface area contributed by atoms with E-state index >= 15 is 0 Å². The molecule has 0 amide bonds. The van der Waals surface area contributed by atoms with Gasteiger partial charge >= 0.3 is 5.63 Å². The third-order valence-electron chi connectivity index (χ3n) is 5.05. The fourth-order valence-electron chi connectivity index (χ4n) is 3.52. The van der Waals surface area contributed by atoms with E-state index in [0.717, 1.165) is 16.5 Å². The Kier molecular flexibility index (Phi) is 5.44. The molecule has 2 N–H and O–H groups in total. The molecule has 0 aliphatic carbocycles. The van der Waals surface area contributed by atoms with Crippen LogP contribution < -0.4 is 10.9 Å². The van der Waals surface area contributed by atoms with Crippen molar-refractivity contribution in [1.82, 2.24) is 15.1 Å². The van der Waals surface area contributed by atoms with Crippen LogP contribution in [0.2, 0.25) is 0 Å². The maximum atomic E-state index is 11.9. The van der Waals surface area contributed by atoms with Crippen molar-refractivity contribution < 1.29 is 9.52 Å². The van der Waals surface area contributed by atoms with E-state index in [1.807, 2.05) is 42.1 Å². The molecule has 0 radical (unpaired) electrons. The zero-order valence-corrected chi connectivity index (χ0v) is 16.3. The molecule has 2 heterocycles. The number of rotatable bonds is 7. The number of benzene rings is 2. The van der Waals surface area contributed by atoms with E-state index < -0.39 is 5.63 Å². The van der Waals surface area contributed by atoms with Gasteiger partial charge in [0.2, 0.25) is 0 Å². The summed E-state index contributed by atoms with van der Waals surface area (Å²) >= 11 is 0. The Labute approximate surface area is 168 Å². The largest absolute Gasteiger partial charge is 0.508 e. The van der Waals surface area contributed by atoms with E-state index in [4.69, 9.17) is 4.42 Å². The van der Waals surface area contributed by atoms with Gasteiger partial charge < -0.3 is 14.8 Å². The van der Waals surface area contributed by atoms with Crippen molar-refractivity contribution in [1.29, 1.82) is 0 Å². The minimum absolute atomic E-state index is 0.154. The monoisotopic (exact) mass is 389 g/mol. The number of hydrogen-bond donors (Lipinski definition) is 2. The molecule has 2 aromatic heterocycles. The van der Waals surface area contributed by atoms with Crippen LogP contribution in [0, 0.1) is 0 Å². The normalized spacial score (nSPS) is 11.2. The van der Waals surface area contributed by atoms with Crippen LogP contribution in [0.25, 0.3) is 11.0 Å². The molecule has 4 rings (SSSR count). The average molecular weight is 389 g/mol. The first-order chi connectivity index (χ1) is 14.1. The number of fused-ring (bicyclic) bond motifs is 1. The van der Waals surface area contributed by atoms with Gasteiger partial charge in [-0.1, -0.05) is 31.2 Å². The minimum Gasteiger partial charge on any atom is -0.508 e. The van der Waals surface area contributed by atoms with Crippen molar-refractivity contribution in [3.8, 4) is 5.75 Å². The van der Waals surface area contributed by atoms with Gasteiger partial charge in [0.25, 0.3) is 0 Å². The van der Waals surface area contributed by atoms with Crippen molar-refractivity contribution >= 4 is 11.0 Å². The maximum Gasteiger partial charge on any atom is 0.336 e. The molecule has 4 aromatic rings. The van der Waals surface area contributed by atoms with Crippen LogP contribution in [0.5, 0.6) is 5.75 Å². The fraction of sp³-hybridized carbons (Fsp3) is 0.217. The Morgan fingerprint density at radius 2 is 1.83 bits per heavy atom. The quantitative estimate of drug-likeness (QED) is 0.472. The summed E-state index contributed by atoms with van der Waals surface area (Å²) < 4.78 is 7.17. The summed E-state index contributed by atoms with van der Waals surface area (Å²) in [5, 5.41) is 18.6. The third kappa shape index (κ3) is 4.22. The van der Waals surface area contributed by atoms with E-state index in [0.29, 0.717) is 31.6 Å². The molecule has 0 saturated carbocycles. The van der Waals surface area contributed by atoms with E-state index in [1.165, 1.54) is 23.3 Å². The topological polar surface area (TPSA) is 80.3 Å².